The van der Waals surface area contributed by atoms with Crippen LogP contribution in [0.4, 0.5) is 5.69 Å². The van der Waals surface area contributed by atoms with Crippen LogP contribution in [0.1, 0.15) is 24.0 Å². The van der Waals surface area contributed by atoms with Crippen LogP contribution in [0.15, 0.2) is 54.6 Å². The normalized spacial score (nSPS) is 22.3. The molecular formula is C20H24N2O. The van der Waals surface area contributed by atoms with Gasteiger partial charge in [-0.25, -0.2) is 0 Å². The maximum absolute atomic E-state index is 10.5. The van der Waals surface area contributed by atoms with Gasteiger partial charge in [0.05, 0.1) is 0 Å². The van der Waals surface area contributed by atoms with Gasteiger partial charge >= 0.3 is 0 Å². The van der Waals surface area contributed by atoms with E-state index in [1.165, 1.54) is 16.8 Å². The molecule has 2 heterocycles. The first kappa shape index (κ1) is 14.7. The molecule has 0 spiro atoms. The van der Waals surface area contributed by atoms with Crippen molar-refractivity contribution in [2.75, 3.05) is 18.0 Å². The van der Waals surface area contributed by atoms with E-state index in [1.807, 2.05) is 0 Å². The summed E-state index contributed by atoms with van der Waals surface area (Å²) in [5, 5.41) is 10.5. The van der Waals surface area contributed by atoms with Crippen molar-refractivity contribution in [3.63, 3.8) is 0 Å². The number of likely N-dealkylation sites (tertiary alicyclic amines) is 1. The molecule has 1 N–H and O–H groups in total. The number of para-hydroxylation sites is 1. The molecule has 120 valence electrons. The highest BCUT2D eigenvalue weighted by Gasteiger charge is 2.34. The third-order valence-electron chi connectivity index (χ3n) is 5.19. The van der Waals surface area contributed by atoms with E-state index in [4.69, 9.17) is 0 Å². The van der Waals surface area contributed by atoms with Gasteiger partial charge < -0.3 is 10.0 Å². The van der Waals surface area contributed by atoms with Crippen LogP contribution in [0.3, 0.4) is 0 Å². The average Bonchev–Trinajstić information content (AvgIpc) is 2.92. The van der Waals surface area contributed by atoms with Crippen LogP contribution in [-0.2, 0) is 13.0 Å². The van der Waals surface area contributed by atoms with Crippen molar-refractivity contribution < 1.29 is 5.11 Å². The van der Waals surface area contributed by atoms with Crippen molar-refractivity contribution in [2.24, 2.45) is 0 Å². The Kier molecular flexibility index (Phi) is 4.06. The molecule has 2 aliphatic rings. The van der Waals surface area contributed by atoms with Crippen LogP contribution in [0, 0.1) is 0 Å². The number of piperidine rings is 1. The van der Waals surface area contributed by atoms with Crippen molar-refractivity contribution >= 4 is 5.69 Å². The SMILES string of the molecule is OC1Cc2ccccc2N1C1CCN(Cc2ccccc2)CC1. The van der Waals surface area contributed by atoms with Crippen LogP contribution in [0.25, 0.3) is 0 Å². The Morgan fingerprint density at radius 3 is 2.39 bits per heavy atom. The quantitative estimate of drug-likeness (QED) is 0.944. The van der Waals surface area contributed by atoms with E-state index in [-0.39, 0.29) is 6.23 Å². The molecule has 0 saturated carbocycles. The van der Waals surface area contributed by atoms with Gasteiger partial charge in [-0.2, -0.15) is 0 Å². The Labute approximate surface area is 138 Å². The van der Waals surface area contributed by atoms with Crippen LogP contribution >= 0.6 is 0 Å². The minimum absolute atomic E-state index is 0.349. The lowest BCUT2D eigenvalue weighted by Gasteiger charge is -2.39. The summed E-state index contributed by atoms with van der Waals surface area (Å²) < 4.78 is 0. The Balaban J connectivity index is 1.40. The van der Waals surface area contributed by atoms with E-state index in [0.717, 1.165) is 38.9 Å². The fourth-order valence-electron chi connectivity index (χ4n) is 4.03. The zero-order valence-corrected chi connectivity index (χ0v) is 13.4. The third kappa shape index (κ3) is 2.99. The highest BCUT2D eigenvalue weighted by Crippen LogP contribution is 2.35. The van der Waals surface area contributed by atoms with E-state index < -0.39 is 0 Å². The molecule has 1 atom stereocenters. The summed E-state index contributed by atoms with van der Waals surface area (Å²) in [6.07, 6.45) is 2.66. The molecule has 3 nitrogen and oxygen atoms in total. The number of aliphatic hydroxyl groups is 1. The molecule has 3 heteroatoms. The van der Waals surface area contributed by atoms with Gasteiger partial charge in [-0.3, -0.25) is 4.90 Å². The highest BCUT2D eigenvalue weighted by molar-refractivity contribution is 5.59. The van der Waals surface area contributed by atoms with Gasteiger partial charge in [0.15, 0.2) is 0 Å². The first-order valence-electron chi connectivity index (χ1n) is 8.62. The molecule has 2 aromatic carbocycles. The molecule has 1 unspecified atom stereocenters. The number of nitrogens with zero attached hydrogens (tertiary/aromatic N) is 2. The van der Waals surface area contributed by atoms with Crippen LogP contribution < -0.4 is 4.90 Å². The van der Waals surface area contributed by atoms with Crippen molar-refractivity contribution in [1.29, 1.82) is 0 Å². The second-order valence-corrected chi connectivity index (χ2v) is 6.71. The van der Waals surface area contributed by atoms with Gasteiger partial charge in [0.2, 0.25) is 0 Å². The number of hydrogen-bond donors (Lipinski definition) is 1. The van der Waals surface area contributed by atoms with Gasteiger partial charge in [-0.05, 0) is 30.0 Å². The summed E-state index contributed by atoms with van der Waals surface area (Å²) in [5.74, 6) is 0. The lowest BCUT2D eigenvalue weighted by Crippen LogP contribution is -2.47. The standard InChI is InChI=1S/C20H24N2O/c23-20-14-17-8-4-5-9-19(17)22(20)18-10-12-21(13-11-18)15-16-6-2-1-3-7-16/h1-9,18,20,23H,10-15H2. The van der Waals surface area contributed by atoms with Crippen molar-refractivity contribution in [3.8, 4) is 0 Å². The number of hydrogen-bond acceptors (Lipinski definition) is 3. The number of anilines is 1. The fraction of sp³-hybridized carbons (Fsp3) is 0.400. The Morgan fingerprint density at radius 1 is 0.913 bits per heavy atom. The summed E-state index contributed by atoms with van der Waals surface area (Å²) in [7, 11) is 0. The molecule has 2 aliphatic heterocycles. The van der Waals surface area contributed by atoms with E-state index >= 15 is 0 Å². The minimum atomic E-state index is -0.349. The number of aliphatic hydroxyl groups excluding tert-OH is 1. The molecule has 1 fully saturated rings. The minimum Gasteiger partial charge on any atom is -0.373 e. The third-order valence-corrected chi connectivity index (χ3v) is 5.19. The largest absolute Gasteiger partial charge is 0.373 e. The predicted octanol–water partition coefficient (Wildman–Crippen LogP) is 3.03. The lowest BCUT2D eigenvalue weighted by atomic mass is 10.0. The molecule has 23 heavy (non-hydrogen) atoms. The van der Waals surface area contributed by atoms with Gasteiger partial charge in [-0.15, -0.1) is 0 Å². The first-order chi connectivity index (χ1) is 11.3. The van der Waals surface area contributed by atoms with E-state index in [1.54, 1.807) is 0 Å². The van der Waals surface area contributed by atoms with Crippen LogP contribution in [-0.4, -0.2) is 35.4 Å². The van der Waals surface area contributed by atoms with Crippen molar-refractivity contribution in [3.05, 3.63) is 65.7 Å². The van der Waals surface area contributed by atoms with E-state index in [9.17, 15) is 5.11 Å². The zero-order valence-electron chi connectivity index (χ0n) is 13.4. The second-order valence-electron chi connectivity index (χ2n) is 6.71. The number of benzene rings is 2. The van der Waals surface area contributed by atoms with Crippen LogP contribution in [0.2, 0.25) is 0 Å². The molecule has 1 saturated heterocycles. The molecule has 0 radical (unpaired) electrons. The number of fused-ring (bicyclic) bond motifs is 1. The number of rotatable bonds is 3. The summed E-state index contributed by atoms with van der Waals surface area (Å²) in [4.78, 5) is 4.79. The van der Waals surface area contributed by atoms with Gasteiger partial charge in [0.1, 0.15) is 6.23 Å². The summed E-state index contributed by atoms with van der Waals surface area (Å²) in [6.45, 7) is 3.24. The smallest absolute Gasteiger partial charge is 0.131 e. The maximum atomic E-state index is 10.5. The second kappa shape index (κ2) is 6.34. The Bertz CT molecular complexity index is 650. The van der Waals surface area contributed by atoms with Crippen LogP contribution in [0.5, 0.6) is 0 Å². The zero-order chi connectivity index (χ0) is 15.6. The highest BCUT2D eigenvalue weighted by atomic mass is 16.3. The van der Waals surface area contributed by atoms with E-state index in [0.29, 0.717) is 6.04 Å². The fourth-order valence-corrected chi connectivity index (χ4v) is 4.03. The van der Waals surface area contributed by atoms with Crippen molar-refractivity contribution in [1.82, 2.24) is 4.90 Å². The molecule has 0 aliphatic carbocycles. The molecule has 0 aromatic heterocycles. The van der Waals surface area contributed by atoms with Crippen molar-refractivity contribution in [2.45, 2.75) is 38.1 Å². The average molecular weight is 308 g/mol. The summed E-state index contributed by atoms with van der Waals surface area (Å²) >= 11 is 0. The summed E-state index contributed by atoms with van der Waals surface area (Å²) in [5.41, 5.74) is 3.91. The monoisotopic (exact) mass is 308 g/mol. The topological polar surface area (TPSA) is 26.7 Å². The predicted molar refractivity (Wildman–Crippen MR) is 93.4 cm³/mol. The summed E-state index contributed by atoms with van der Waals surface area (Å²) in [6, 6.07) is 19.6. The van der Waals surface area contributed by atoms with Gasteiger partial charge in [-0.1, -0.05) is 48.5 Å². The van der Waals surface area contributed by atoms with Gasteiger partial charge in [0.25, 0.3) is 0 Å². The lowest BCUT2D eigenvalue weighted by molar-refractivity contribution is 0.139. The maximum Gasteiger partial charge on any atom is 0.131 e. The van der Waals surface area contributed by atoms with E-state index in [2.05, 4.69) is 64.4 Å². The first-order valence-corrected chi connectivity index (χ1v) is 8.62. The Hall–Kier alpha value is -1.84. The molecule has 4 rings (SSSR count). The molecule has 0 bridgehead atoms. The molecule has 0 amide bonds. The van der Waals surface area contributed by atoms with Gasteiger partial charge in [0, 0.05) is 37.8 Å². The Morgan fingerprint density at radius 2 is 1.61 bits per heavy atom. The molecule has 2 aromatic rings. The molecular weight excluding hydrogens is 284 g/mol.